The number of piperidine rings is 1. The summed E-state index contributed by atoms with van der Waals surface area (Å²) in [5, 5.41) is 3.50. The van der Waals surface area contributed by atoms with E-state index in [4.69, 9.17) is 0 Å². The van der Waals surface area contributed by atoms with E-state index in [1.807, 2.05) is 0 Å². The van der Waals surface area contributed by atoms with Crippen LogP contribution in [-0.4, -0.2) is 13.1 Å². The van der Waals surface area contributed by atoms with Crippen molar-refractivity contribution >= 4 is 0 Å². The van der Waals surface area contributed by atoms with Gasteiger partial charge in [0.15, 0.2) is 0 Å². The Bertz CT molecular complexity index is 358. The van der Waals surface area contributed by atoms with Gasteiger partial charge < -0.3 is 5.32 Å². The van der Waals surface area contributed by atoms with Gasteiger partial charge in [0.2, 0.25) is 0 Å². The van der Waals surface area contributed by atoms with Gasteiger partial charge in [0, 0.05) is 0 Å². The van der Waals surface area contributed by atoms with Crippen LogP contribution >= 0.6 is 0 Å². The minimum Gasteiger partial charge on any atom is -0.316 e. The van der Waals surface area contributed by atoms with Crippen molar-refractivity contribution < 1.29 is 0 Å². The quantitative estimate of drug-likeness (QED) is 0.848. The highest BCUT2D eigenvalue weighted by Crippen LogP contribution is 2.27. The molecule has 1 aliphatic rings. The van der Waals surface area contributed by atoms with Crippen LogP contribution in [0.3, 0.4) is 0 Å². The smallest absolute Gasteiger partial charge is 0.00173 e. The first-order valence-electron chi connectivity index (χ1n) is 7.42. The summed E-state index contributed by atoms with van der Waals surface area (Å²) in [6.45, 7) is 9.32. The van der Waals surface area contributed by atoms with Crippen molar-refractivity contribution in [2.24, 2.45) is 5.92 Å². The van der Waals surface area contributed by atoms with Gasteiger partial charge in [-0.15, -0.1) is 0 Å². The van der Waals surface area contributed by atoms with E-state index in [2.05, 4.69) is 50.4 Å². The van der Waals surface area contributed by atoms with Crippen molar-refractivity contribution in [2.75, 3.05) is 13.1 Å². The third-order valence-electron chi connectivity index (χ3n) is 4.54. The summed E-state index contributed by atoms with van der Waals surface area (Å²) in [5.41, 5.74) is 3.28. The SMILES string of the molecule is CCC(C)(C)c1ccc(CC2CCCNC2)cc1. The van der Waals surface area contributed by atoms with E-state index in [9.17, 15) is 0 Å². The Labute approximate surface area is 112 Å². The van der Waals surface area contributed by atoms with Crippen molar-refractivity contribution in [1.82, 2.24) is 5.32 Å². The molecule has 0 bridgehead atoms. The van der Waals surface area contributed by atoms with Crippen LogP contribution in [0.1, 0.15) is 51.2 Å². The molecule has 100 valence electrons. The van der Waals surface area contributed by atoms with E-state index in [1.54, 1.807) is 0 Å². The van der Waals surface area contributed by atoms with Gasteiger partial charge >= 0.3 is 0 Å². The Kier molecular flexibility index (Phi) is 4.45. The maximum atomic E-state index is 3.50. The van der Waals surface area contributed by atoms with Crippen LogP contribution in [-0.2, 0) is 11.8 Å². The van der Waals surface area contributed by atoms with Gasteiger partial charge in [0.25, 0.3) is 0 Å². The Morgan fingerprint density at radius 2 is 1.94 bits per heavy atom. The molecule has 1 aromatic carbocycles. The first-order valence-corrected chi connectivity index (χ1v) is 7.42. The van der Waals surface area contributed by atoms with Crippen molar-refractivity contribution in [3.05, 3.63) is 35.4 Å². The number of nitrogens with one attached hydrogen (secondary N) is 1. The monoisotopic (exact) mass is 245 g/mol. The number of rotatable bonds is 4. The molecule has 1 fully saturated rings. The molecule has 1 heteroatoms. The van der Waals surface area contributed by atoms with Gasteiger partial charge in [-0.1, -0.05) is 45.0 Å². The number of hydrogen-bond acceptors (Lipinski definition) is 1. The minimum atomic E-state index is 0.310. The molecule has 0 spiro atoms. The molecule has 1 heterocycles. The molecule has 0 aromatic heterocycles. The zero-order valence-corrected chi connectivity index (χ0v) is 12.1. The topological polar surface area (TPSA) is 12.0 Å². The van der Waals surface area contributed by atoms with Crippen LogP contribution < -0.4 is 5.32 Å². The summed E-state index contributed by atoms with van der Waals surface area (Å²) >= 11 is 0. The molecular formula is C17H27N. The van der Waals surface area contributed by atoms with E-state index in [0.29, 0.717) is 5.41 Å². The Hall–Kier alpha value is -0.820. The van der Waals surface area contributed by atoms with E-state index in [0.717, 1.165) is 5.92 Å². The van der Waals surface area contributed by atoms with Gasteiger partial charge in [0.05, 0.1) is 0 Å². The summed E-state index contributed by atoms with van der Waals surface area (Å²) in [4.78, 5) is 0. The molecule has 18 heavy (non-hydrogen) atoms. The zero-order valence-electron chi connectivity index (χ0n) is 12.1. The molecule has 1 aromatic rings. The largest absolute Gasteiger partial charge is 0.316 e. The predicted octanol–water partition coefficient (Wildman–Crippen LogP) is 3.92. The molecule has 0 amide bonds. The molecule has 1 unspecified atom stereocenters. The number of hydrogen-bond donors (Lipinski definition) is 1. The summed E-state index contributed by atoms with van der Waals surface area (Å²) in [6, 6.07) is 9.33. The molecule has 0 radical (unpaired) electrons. The summed E-state index contributed by atoms with van der Waals surface area (Å²) in [7, 11) is 0. The van der Waals surface area contributed by atoms with E-state index < -0.39 is 0 Å². The van der Waals surface area contributed by atoms with Crippen LogP contribution in [0.25, 0.3) is 0 Å². The maximum Gasteiger partial charge on any atom is -0.00173 e. The minimum absolute atomic E-state index is 0.310. The second-order valence-corrected chi connectivity index (χ2v) is 6.35. The van der Waals surface area contributed by atoms with Gasteiger partial charge in [0.1, 0.15) is 0 Å². The Balaban J connectivity index is 1.99. The molecule has 1 atom stereocenters. The molecule has 2 rings (SSSR count). The molecule has 1 N–H and O–H groups in total. The fourth-order valence-corrected chi connectivity index (χ4v) is 2.73. The van der Waals surface area contributed by atoms with Crippen LogP contribution in [0, 0.1) is 5.92 Å². The standard InChI is InChI=1S/C17H27N/c1-4-17(2,3)16-9-7-14(8-10-16)12-15-6-5-11-18-13-15/h7-10,15,18H,4-6,11-13H2,1-3H3. The highest BCUT2D eigenvalue weighted by Gasteiger charge is 2.18. The van der Waals surface area contributed by atoms with Crippen LogP contribution in [0.5, 0.6) is 0 Å². The number of benzene rings is 1. The van der Waals surface area contributed by atoms with Crippen LogP contribution in [0.15, 0.2) is 24.3 Å². The molecule has 0 saturated carbocycles. The van der Waals surface area contributed by atoms with E-state index >= 15 is 0 Å². The summed E-state index contributed by atoms with van der Waals surface area (Å²) in [6.07, 6.45) is 5.15. The Morgan fingerprint density at radius 3 is 2.50 bits per heavy atom. The highest BCUT2D eigenvalue weighted by molar-refractivity contribution is 5.28. The highest BCUT2D eigenvalue weighted by atomic mass is 14.9. The van der Waals surface area contributed by atoms with Gasteiger partial charge in [-0.05, 0) is 61.2 Å². The summed E-state index contributed by atoms with van der Waals surface area (Å²) in [5.74, 6) is 0.837. The summed E-state index contributed by atoms with van der Waals surface area (Å²) < 4.78 is 0. The lowest BCUT2D eigenvalue weighted by molar-refractivity contribution is 0.376. The third kappa shape index (κ3) is 3.35. The predicted molar refractivity (Wildman–Crippen MR) is 79.1 cm³/mol. The maximum absolute atomic E-state index is 3.50. The van der Waals surface area contributed by atoms with E-state index in [1.165, 1.54) is 49.9 Å². The lowest BCUT2D eigenvalue weighted by Gasteiger charge is -2.25. The van der Waals surface area contributed by atoms with Gasteiger partial charge in [-0.2, -0.15) is 0 Å². The fraction of sp³-hybridized carbons (Fsp3) is 0.647. The van der Waals surface area contributed by atoms with Crippen molar-refractivity contribution in [1.29, 1.82) is 0 Å². The first-order chi connectivity index (χ1) is 8.62. The molecule has 1 aliphatic heterocycles. The average Bonchev–Trinajstić information content (AvgIpc) is 2.40. The third-order valence-corrected chi connectivity index (χ3v) is 4.54. The molecule has 1 saturated heterocycles. The average molecular weight is 245 g/mol. The molecule has 0 aliphatic carbocycles. The second kappa shape index (κ2) is 5.88. The van der Waals surface area contributed by atoms with Crippen molar-refractivity contribution in [3.63, 3.8) is 0 Å². The molecular weight excluding hydrogens is 218 g/mol. The van der Waals surface area contributed by atoms with Crippen LogP contribution in [0.4, 0.5) is 0 Å². The normalized spacial score (nSPS) is 20.9. The second-order valence-electron chi connectivity index (χ2n) is 6.35. The zero-order chi connectivity index (χ0) is 13.0. The van der Waals surface area contributed by atoms with E-state index in [-0.39, 0.29) is 0 Å². The lowest BCUT2D eigenvalue weighted by atomic mass is 9.81. The fourth-order valence-electron chi connectivity index (χ4n) is 2.73. The lowest BCUT2D eigenvalue weighted by Crippen LogP contribution is -2.30. The Morgan fingerprint density at radius 1 is 1.22 bits per heavy atom. The van der Waals surface area contributed by atoms with Gasteiger partial charge in [-0.3, -0.25) is 0 Å². The van der Waals surface area contributed by atoms with Crippen LogP contribution in [0.2, 0.25) is 0 Å². The first kappa shape index (κ1) is 13.6. The van der Waals surface area contributed by atoms with Crippen molar-refractivity contribution in [2.45, 2.75) is 51.9 Å². The van der Waals surface area contributed by atoms with Crippen molar-refractivity contribution in [3.8, 4) is 0 Å². The molecule has 1 nitrogen and oxygen atoms in total. The van der Waals surface area contributed by atoms with Gasteiger partial charge in [-0.25, -0.2) is 0 Å².